The van der Waals surface area contributed by atoms with Crippen molar-refractivity contribution >= 4 is 23.5 Å². The maximum Gasteiger partial charge on any atom is 0.338 e. The van der Waals surface area contributed by atoms with E-state index in [-0.39, 0.29) is 30.0 Å². The monoisotopic (exact) mass is 382 g/mol. The Kier molecular flexibility index (Phi) is 7.75. The smallest absolute Gasteiger partial charge is 0.338 e. The van der Waals surface area contributed by atoms with Crippen LogP contribution in [-0.4, -0.2) is 24.4 Å². The molecule has 1 atom stereocenters. The molecule has 0 aromatic heterocycles. The predicted octanol–water partition coefficient (Wildman–Crippen LogP) is 3.71. The van der Waals surface area contributed by atoms with Crippen LogP contribution < -0.4 is 10.6 Å². The van der Waals surface area contributed by atoms with Crippen LogP contribution in [0.15, 0.2) is 54.6 Å². The first-order chi connectivity index (χ1) is 13.3. The Morgan fingerprint density at radius 3 is 2.36 bits per heavy atom. The molecule has 0 saturated carbocycles. The van der Waals surface area contributed by atoms with E-state index in [4.69, 9.17) is 4.74 Å². The lowest BCUT2D eigenvalue weighted by Crippen LogP contribution is -2.33. The number of carbonyl (C=O) groups is 3. The molecule has 2 amide bonds. The van der Waals surface area contributed by atoms with Crippen molar-refractivity contribution in [3.63, 3.8) is 0 Å². The molecule has 2 aromatic rings. The van der Waals surface area contributed by atoms with Gasteiger partial charge in [0.2, 0.25) is 5.91 Å². The molecule has 0 fully saturated rings. The third-order valence-electron chi connectivity index (χ3n) is 4.00. The van der Waals surface area contributed by atoms with Gasteiger partial charge in [-0.15, -0.1) is 0 Å². The molecule has 6 heteroatoms. The molecule has 0 aliphatic carbocycles. The first kappa shape index (κ1) is 21.2. The number of anilines is 1. The van der Waals surface area contributed by atoms with Crippen molar-refractivity contribution in [2.24, 2.45) is 5.92 Å². The summed E-state index contributed by atoms with van der Waals surface area (Å²) in [4.78, 5) is 35.6. The molecule has 0 heterocycles. The normalized spacial score (nSPS) is 11.6. The Hall–Kier alpha value is -3.15. The van der Waals surface area contributed by atoms with Gasteiger partial charge in [-0.1, -0.05) is 50.2 Å². The first-order valence-electron chi connectivity index (χ1n) is 9.24. The molecule has 0 aliphatic rings. The standard InChI is InChI=1S/C22H26N2O4/c1-15(2)12-20(17-8-5-4-6-9-17)24-21(26)14-28-22(27)18-10-7-11-19(13-18)23-16(3)25/h4-11,13,15,20H,12,14H2,1-3H3,(H,23,25)(H,24,26). The Balaban J connectivity index is 1.94. The maximum atomic E-state index is 12.3. The molecule has 2 aromatic carbocycles. The van der Waals surface area contributed by atoms with Gasteiger partial charge in [0.05, 0.1) is 11.6 Å². The van der Waals surface area contributed by atoms with Crippen LogP contribution >= 0.6 is 0 Å². The zero-order chi connectivity index (χ0) is 20.5. The third kappa shape index (κ3) is 6.87. The van der Waals surface area contributed by atoms with Crippen molar-refractivity contribution in [2.75, 3.05) is 11.9 Å². The van der Waals surface area contributed by atoms with Gasteiger partial charge >= 0.3 is 5.97 Å². The van der Waals surface area contributed by atoms with Crippen molar-refractivity contribution in [1.29, 1.82) is 0 Å². The van der Waals surface area contributed by atoms with Crippen LogP contribution in [0, 0.1) is 5.92 Å². The summed E-state index contributed by atoms with van der Waals surface area (Å²) in [5.74, 6) is -0.824. The fourth-order valence-electron chi connectivity index (χ4n) is 2.81. The van der Waals surface area contributed by atoms with Crippen molar-refractivity contribution in [1.82, 2.24) is 5.32 Å². The van der Waals surface area contributed by atoms with Gasteiger partial charge in [0.25, 0.3) is 5.91 Å². The van der Waals surface area contributed by atoms with E-state index in [1.54, 1.807) is 18.2 Å². The van der Waals surface area contributed by atoms with E-state index in [0.717, 1.165) is 12.0 Å². The Morgan fingerprint density at radius 1 is 1.00 bits per heavy atom. The number of carbonyl (C=O) groups excluding carboxylic acids is 3. The van der Waals surface area contributed by atoms with Crippen molar-refractivity contribution in [3.05, 3.63) is 65.7 Å². The van der Waals surface area contributed by atoms with Gasteiger partial charge in [-0.2, -0.15) is 0 Å². The minimum Gasteiger partial charge on any atom is -0.452 e. The number of amides is 2. The van der Waals surface area contributed by atoms with E-state index in [9.17, 15) is 14.4 Å². The van der Waals surface area contributed by atoms with Crippen LogP contribution in [0.1, 0.15) is 49.2 Å². The van der Waals surface area contributed by atoms with Gasteiger partial charge in [0.15, 0.2) is 6.61 Å². The van der Waals surface area contributed by atoms with Crippen LogP contribution in [-0.2, 0) is 14.3 Å². The van der Waals surface area contributed by atoms with Gasteiger partial charge < -0.3 is 15.4 Å². The number of rotatable bonds is 8. The highest BCUT2D eigenvalue weighted by atomic mass is 16.5. The highest BCUT2D eigenvalue weighted by molar-refractivity contribution is 5.94. The van der Waals surface area contributed by atoms with Crippen LogP contribution in [0.3, 0.4) is 0 Å². The second-order valence-electron chi connectivity index (χ2n) is 7.00. The molecule has 6 nitrogen and oxygen atoms in total. The summed E-state index contributed by atoms with van der Waals surface area (Å²) in [6.45, 7) is 5.19. The lowest BCUT2D eigenvalue weighted by molar-refractivity contribution is -0.125. The van der Waals surface area contributed by atoms with E-state index in [1.807, 2.05) is 30.3 Å². The number of nitrogens with one attached hydrogen (secondary N) is 2. The summed E-state index contributed by atoms with van der Waals surface area (Å²) in [5.41, 5.74) is 1.77. The average molecular weight is 382 g/mol. The van der Waals surface area contributed by atoms with Crippen LogP contribution in [0.5, 0.6) is 0 Å². The molecule has 2 N–H and O–H groups in total. The Morgan fingerprint density at radius 2 is 1.71 bits per heavy atom. The summed E-state index contributed by atoms with van der Waals surface area (Å²) >= 11 is 0. The van der Waals surface area contributed by atoms with Crippen molar-refractivity contribution < 1.29 is 19.1 Å². The fraction of sp³-hybridized carbons (Fsp3) is 0.318. The van der Waals surface area contributed by atoms with Crippen molar-refractivity contribution in [3.8, 4) is 0 Å². The quantitative estimate of drug-likeness (QED) is 0.682. The lowest BCUT2D eigenvalue weighted by Gasteiger charge is -2.21. The lowest BCUT2D eigenvalue weighted by atomic mass is 9.97. The second-order valence-corrected chi connectivity index (χ2v) is 7.00. The molecule has 0 aliphatic heterocycles. The number of ether oxygens (including phenoxy) is 1. The van der Waals surface area contributed by atoms with E-state index in [2.05, 4.69) is 24.5 Å². The summed E-state index contributed by atoms with van der Waals surface area (Å²) in [5, 5.41) is 5.54. The SMILES string of the molecule is CC(=O)Nc1cccc(C(=O)OCC(=O)NC(CC(C)C)c2ccccc2)c1. The van der Waals surface area contributed by atoms with E-state index in [0.29, 0.717) is 11.6 Å². The number of esters is 1. The number of hydrogen-bond donors (Lipinski definition) is 2. The molecule has 28 heavy (non-hydrogen) atoms. The molecule has 0 saturated heterocycles. The molecular formula is C22H26N2O4. The van der Waals surface area contributed by atoms with E-state index in [1.165, 1.54) is 13.0 Å². The van der Waals surface area contributed by atoms with Gasteiger partial charge in [-0.3, -0.25) is 9.59 Å². The number of benzene rings is 2. The largest absolute Gasteiger partial charge is 0.452 e. The van der Waals surface area contributed by atoms with Crippen LogP contribution in [0.2, 0.25) is 0 Å². The van der Waals surface area contributed by atoms with Crippen molar-refractivity contribution in [2.45, 2.75) is 33.2 Å². The second kappa shape index (κ2) is 10.3. The predicted molar refractivity (Wildman–Crippen MR) is 108 cm³/mol. The average Bonchev–Trinajstić information content (AvgIpc) is 2.65. The number of hydrogen-bond acceptors (Lipinski definition) is 4. The van der Waals surface area contributed by atoms with Gasteiger partial charge in [0.1, 0.15) is 0 Å². The molecule has 1 unspecified atom stereocenters. The summed E-state index contributed by atoms with van der Waals surface area (Å²) in [6, 6.07) is 15.9. The molecule has 148 valence electrons. The zero-order valence-corrected chi connectivity index (χ0v) is 16.4. The van der Waals surface area contributed by atoms with Gasteiger partial charge in [-0.05, 0) is 36.1 Å². The minimum atomic E-state index is -0.623. The molecular weight excluding hydrogens is 356 g/mol. The molecule has 0 radical (unpaired) electrons. The maximum absolute atomic E-state index is 12.3. The Bertz CT molecular complexity index is 818. The van der Waals surface area contributed by atoms with Gasteiger partial charge in [-0.25, -0.2) is 4.79 Å². The van der Waals surface area contributed by atoms with E-state index < -0.39 is 5.97 Å². The minimum absolute atomic E-state index is 0.143. The fourth-order valence-corrected chi connectivity index (χ4v) is 2.81. The highest BCUT2D eigenvalue weighted by Crippen LogP contribution is 2.21. The highest BCUT2D eigenvalue weighted by Gasteiger charge is 2.17. The summed E-state index contributed by atoms with van der Waals surface area (Å²) in [6.07, 6.45) is 0.780. The molecule has 0 spiro atoms. The summed E-state index contributed by atoms with van der Waals surface area (Å²) in [7, 11) is 0. The topological polar surface area (TPSA) is 84.5 Å². The van der Waals surface area contributed by atoms with Crippen LogP contribution in [0.4, 0.5) is 5.69 Å². The third-order valence-corrected chi connectivity index (χ3v) is 4.00. The van der Waals surface area contributed by atoms with Gasteiger partial charge in [0, 0.05) is 12.6 Å². The zero-order valence-electron chi connectivity index (χ0n) is 16.4. The molecule has 0 bridgehead atoms. The first-order valence-corrected chi connectivity index (χ1v) is 9.24. The van der Waals surface area contributed by atoms with Crippen LogP contribution in [0.25, 0.3) is 0 Å². The van der Waals surface area contributed by atoms with E-state index >= 15 is 0 Å². The summed E-state index contributed by atoms with van der Waals surface area (Å²) < 4.78 is 5.13. The molecule has 2 rings (SSSR count). The Labute approximate surface area is 165 Å².